The van der Waals surface area contributed by atoms with Crippen molar-refractivity contribution in [1.29, 1.82) is 0 Å². The minimum Gasteiger partial charge on any atom is -0.465 e. The second kappa shape index (κ2) is 6.36. The fourth-order valence-corrected chi connectivity index (χ4v) is 2.21. The van der Waals surface area contributed by atoms with E-state index in [1.165, 1.54) is 0 Å². The van der Waals surface area contributed by atoms with Gasteiger partial charge in [0.2, 0.25) is 0 Å². The Labute approximate surface area is 103 Å². The Hall–Kier alpha value is -0.410. The van der Waals surface area contributed by atoms with Crippen LogP contribution in [0.2, 0.25) is 0 Å². The van der Waals surface area contributed by atoms with Gasteiger partial charge in [-0.3, -0.25) is 0 Å². The van der Waals surface area contributed by atoms with Gasteiger partial charge in [0.15, 0.2) is 0 Å². The van der Waals surface area contributed by atoms with E-state index < -0.39 is 0 Å². The lowest BCUT2D eigenvalue weighted by Gasteiger charge is -2.17. The zero-order valence-corrected chi connectivity index (χ0v) is 11.6. The first kappa shape index (κ1) is 13.7. The molecule has 1 rings (SSSR count). The molecule has 0 saturated heterocycles. The molecule has 3 heteroatoms. The Morgan fingerprint density at radius 3 is 2.50 bits per heavy atom. The minimum atomic E-state index is 0.363. The van der Waals surface area contributed by atoms with Crippen molar-refractivity contribution < 1.29 is 4.42 Å². The zero-order chi connectivity index (χ0) is 12.0. The first-order valence-corrected chi connectivity index (χ1v) is 6.92. The van der Waals surface area contributed by atoms with E-state index in [9.17, 15) is 0 Å². The standard InChI is InChI=1S/C13H23NOS/c1-5-11-6-7-12(15-11)10-14-8-9-16-13(2,3)4/h6-7,14H,5,8-10H2,1-4H3. The minimum absolute atomic E-state index is 0.363. The summed E-state index contributed by atoms with van der Waals surface area (Å²) in [7, 11) is 0. The van der Waals surface area contributed by atoms with E-state index in [4.69, 9.17) is 4.42 Å². The summed E-state index contributed by atoms with van der Waals surface area (Å²) in [6.45, 7) is 10.7. The zero-order valence-electron chi connectivity index (χ0n) is 10.8. The molecule has 0 aliphatic heterocycles. The van der Waals surface area contributed by atoms with Crippen molar-refractivity contribution >= 4 is 11.8 Å². The molecule has 1 heterocycles. The smallest absolute Gasteiger partial charge is 0.117 e. The van der Waals surface area contributed by atoms with Gasteiger partial charge in [-0.25, -0.2) is 0 Å². The lowest BCUT2D eigenvalue weighted by molar-refractivity contribution is 0.454. The van der Waals surface area contributed by atoms with Crippen LogP contribution in [0, 0.1) is 0 Å². The average molecular weight is 241 g/mol. The van der Waals surface area contributed by atoms with Crippen LogP contribution in [0.25, 0.3) is 0 Å². The van der Waals surface area contributed by atoms with Crippen LogP contribution in [0.1, 0.15) is 39.2 Å². The number of nitrogens with one attached hydrogen (secondary N) is 1. The summed E-state index contributed by atoms with van der Waals surface area (Å²) in [6.07, 6.45) is 0.972. The van der Waals surface area contributed by atoms with Crippen molar-refractivity contribution in [3.05, 3.63) is 23.7 Å². The molecule has 2 nitrogen and oxygen atoms in total. The third-order valence-electron chi connectivity index (χ3n) is 2.18. The Bertz CT molecular complexity index is 301. The van der Waals surface area contributed by atoms with Crippen molar-refractivity contribution in [1.82, 2.24) is 5.32 Å². The Balaban J connectivity index is 2.11. The first-order chi connectivity index (χ1) is 7.51. The van der Waals surface area contributed by atoms with Crippen LogP contribution in [0.4, 0.5) is 0 Å². The van der Waals surface area contributed by atoms with Gasteiger partial charge in [-0.15, -0.1) is 0 Å². The quantitative estimate of drug-likeness (QED) is 0.772. The molecule has 0 aromatic carbocycles. The van der Waals surface area contributed by atoms with E-state index in [0.717, 1.165) is 36.8 Å². The molecule has 0 amide bonds. The van der Waals surface area contributed by atoms with Gasteiger partial charge in [-0.2, -0.15) is 11.8 Å². The molecule has 0 aliphatic carbocycles. The van der Waals surface area contributed by atoms with Crippen molar-refractivity contribution in [2.75, 3.05) is 12.3 Å². The van der Waals surface area contributed by atoms with Crippen LogP contribution in [-0.2, 0) is 13.0 Å². The number of hydrogen-bond acceptors (Lipinski definition) is 3. The van der Waals surface area contributed by atoms with E-state index in [1.807, 2.05) is 11.8 Å². The summed E-state index contributed by atoms with van der Waals surface area (Å²) >= 11 is 1.99. The largest absolute Gasteiger partial charge is 0.465 e. The Morgan fingerprint density at radius 2 is 1.94 bits per heavy atom. The second-order valence-electron chi connectivity index (χ2n) is 4.86. The summed E-state index contributed by atoms with van der Waals surface area (Å²) in [4.78, 5) is 0. The number of rotatable bonds is 6. The first-order valence-electron chi connectivity index (χ1n) is 5.93. The Morgan fingerprint density at radius 1 is 1.25 bits per heavy atom. The molecule has 0 fully saturated rings. The Kier molecular flexibility index (Phi) is 5.42. The van der Waals surface area contributed by atoms with Gasteiger partial charge >= 0.3 is 0 Å². The molecule has 0 aliphatic rings. The summed E-state index contributed by atoms with van der Waals surface area (Å²) in [5.41, 5.74) is 0. The van der Waals surface area contributed by atoms with Gasteiger partial charge in [0, 0.05) is 23.5 Å². The van der Waals surface area contributed by atoms with Crippen LogP contribution >= 0.6 is 11.8 Å². The lowest BCUT2D eigenvalue weighted by Crippen LogP contribution is -2.19. The molecular formula is C13H23NOS. The highest BCUT2D eigenvalue weighted by Crippen LogP contribution is 2.22. The summed E-state index contributed by atoms with van der Waals surface area (Å²) < 4.78 is 5.97. The number of hydrogen-bond donors (Lipinski definition) is 1. The fraction of sp³-hybridized carbons (Fsp3) is 0.692. The predicted octanol–water partition coefficient (Wildman–Crippen LogP) is 3.46. The maximum absolute atomic E-state index is 5.61. The number of thioether (sulfide) groups is 1. The van der Waals surface area contributed by atoms with Gasteiger partial charge in [0.05, 0.1) is 6.54 Å². The summed E-state index contributed by atoms with van der Waals surface area (Å²) in [5, 5.41) is 3.40. The fourth-order valence-electron chi connectivity index (χ4n) is 1.35. The van der Waals surface area contributed by atoms with Crippen LogP contribution in [0.15, 0.2) is 16.5 Å². The normalized spacial score (nSPS) is 12.0. The van der Waals surface area contributed by atoms with Crippen LogP contribution in [-0.4, -0.2) is 17.0 Å². The molecule has 0 bridgehead atoms. The highest BCUT2D eigenvalue weighted by molar-refractivity contribution is 8.00. The third kappa shape index (κ3) is 5.61. The average Bonchev–Trinajstić information content (AvgIpc) is 2.63. The van der Waals surface area contributed by atoms with E-state index in [0.29, 0.717) is 4.75 Å². The lowest BCUT2D eigenvalue weighted by atomic mass is 10.3. The van der Waals surface area contributed by atoms with Crippen molar-refractivity contribution in [2.24, 2.45) is 0 Å². The SMILES string of the molecule is CCc1ccc(CNCCSC(C)(C)C)o1. The maximum Gasteiger partial charge on any atom is 0.117 e. The molecule has 1 aromatic heterocycles. The molecule has 0 radical (unpaired) electrons. The molecular weight excluding hydrogens is 218 g/mol. The predicted molar refractivity (Wildman–Crippen MR) is 72.0 cm³/mol. The van der Waals surface area contributed by atoms with Gasteiger partial charge in [-0.1, -0.05) is 27.7 Å². The molecule has 1 aromatic rings. The van der Waals surface area contributed by atoms with E-state index in [1.54, 1.807) is 0 Å². The highest BCUT2D eigenvalue weighted by Gasteiger charge is 2.09. The van der Waals surface area contributed by atoms with E-state index in [-0.39, 0.29) is 0 Å². The number of furan rings is 1. The second-order valence-corrected chi connectivity index (χ2v) is 6.78. The third-order valence-corrected chi connectivity index (χ3v) is 3.45. The van der Waals surface area contributed by atoms with E-state index in [2.05, 4.69) is 45.1 Å². The highest BCUT2D eigenvalue weighted by atomic mass is 32.2. The van der Waals surface area contributed by atoms with E-state index >= 15 is 0 Å². The molecule has 92 valence electrons. The molecule has 0 unspecified atom stereocenters. The molecule has 1 N–H and O–H groups in total. The summed E-state index contributed by atoms with van der Waals surface area (Å²) in [5.74, 6) is 3.25. The van der Waals surface area contributed by atoms with Crippen LogP contribution < -0.4 is 5.32 Å². The monoisotopic (exact) mass is 241 g/mol. The van der Waals surface area contributed by atoms with Gasteiger partial charge < -0.3 is 9.73 Å². The van der Waals surface area contributed by atoms with Crippen molar-refractivity contribution in [3.63, 3.8) is 0 Å². The van der Waals surface area contributed by atoms with Gasteiger partial charge in [0.1, 0.15) is 11.5 Å². The molecule has 16 heavy (non-hydrogen) atoms. The summed E-state index contributed by atoms with van der Waals surface area (Å²) in [6, 6.07) is 4.11. The number of aryl methyl sites for hydroxylation is 1. The van der Waals surface area contributed by atoms with Gasteiger partial charge in [-0.05, 0) is 12.1 Å². The maximum atomic E-state index is 5.61. The molecule has 0 spiro atoms. The molecule has 0 atom stereocenters. The van der Waals surface area contributed by atoms with Crippen molar-refractivity contribution in [2.45, 2.75) is 45.4 Å². The topological polar surface area (TPSA) is 25.2 Å². The van der Waals surface area contributed by atoms with Crippen LogP contribution in [0.5, 0.6) is 0 Å². The van der Waals surface area contributed by atoms with Crippen molar-refractivity contribution in [3.8, 4) is 0 Å². The van der Waals surface area contributed by atoms with Gasteiger partial charge in [0.25, 0.3) is 0 Å². The molecule has 0 saturated carbocycles. The van der Waals surface area contributed by atoms with Crippen LogP contribution in [0.3, 0.4) is 0 Å².